The topological polar surface area (TPSA) is 65.4 Å². The molecular formula is C17H19NO4S. The highest BCUT2D eigenvalue weighted by atomic mass is 32.2. The summed E-state index contributed by atoms with van der Waals surface area (Å²) in [6.07, 6.45) is 0. The molecule has 0 saturated heterocycles. The lowest BCUT2D eigenvalue weighted by Crippen LogP contribution is -2.21. The molecule has 1 aromatic heterocycles. The number of carbonyl (C=O) groups is 1. The molecule has 0 unspecified atom stereocenters. The van der Waals surface area contributed by atoms with Gasteiger partial charge in [0, 0.05) is 0 Å². The molecule has 1 heterocycles. The molecule has 0 bridgehead atoms. The molecule has 0 atom stereocenters. The fourth-order valence-corrected chi connectivity index (χ4v) is 3.73. The van der Waals surface area contributed by atoms with Crippen LogP contribution in [0.25, 0.3) is 5.57 Å². The molecule has 0 spiro atoms. The number of benzene rings is 1. The van der Waals surface area contributed by atoms with Crippen LogP contribution in [0, 0.1) is 6.92 Å². The maximum absolute atomic E-state index is 13.0. The molecule has 0 saturated carbocycles. The van der Waals surface area contributed by atoms with Crippen LogP contribution in [0.4, 0.5) is 0 Å². The van der Waals surface area contributed by atoms with E-state index in [1.54, 1.807) is 32.0 Å². The Labute approximate surface area is 136 Å². The molecule has 5 nitrogen and oxygen atoms in total. The van der Waals surface area contributed by atoms with Gasteiger partial charge in [0.2, 0.25) is 0 Å². The number of nitrogens with zero attached hydrogens (tertiary/aromatic N) is 1. The maximum atomic E-state index is 13.0. The van der Waals surface area contributed by atoms with Crippen molar-refractivity contribution in [2.75, 3.05) is 6.61 Å². The van der Waals surface area contributed by atoms with E-state index in [0.717, 1.165) is 9.54 Å². The van der Waals surface area contributed by atoms with Crippen LogP contribution in [-0.2, 0) is 14.8 Å². The lowest BCUT2D eigenvalue weighted by Gasteiger charge is -2.14. The van der Waals surface area contributed by atoms with E-state index in [0.29, 0.717) is 11.3 Å². The standard InChI is InChI=1S/C17H19NO4S/c1-5-22-17(19)16-11-10-15(12(2)3)18(16)23(20,21)14-8-6-13(4)7-9-14/h6-11H,2,5H2,1,3-4H3. The van der Waals surface area contributed by atoms with Gasteiger partial charge in [-0.05, 0) is 50.6 Å². The highest BCUT2D eigenvalue weighted by Crippen LogP contribution is 2.24. The Morgan fingerprint density at radius 3 is 2.22 bits per heavy atom. The molecule has 0 aliphatic rings. The highest BCUT2D eigenvalue weighted by Gasteiger charge is 2.27. The first-order chi connectivity index (χ1) is 10.8. The predicted octanol–water partition coefficient (Wildman–Crippen LogP) is 3.24. The summed E-state index contributed by atoms with van der Waals surface area (Å²) in [6.45, 7) is 9.17. The molecule has 23 heavy (non-hydrogen) atoms. The minimum Gasteiger partial charge on any atom is -0.461 e. The van der Waals surface area contributed by atoms with Crippen LogP contribution in [0.3, 0.4) is 0 Å². The minimum atomic E-state index is -3.93. The molecule has 1 aromatic carbocycles. The van der Waals surface area contributed by atoms with Crippen molar-refractivity contribution >= 4 is 21.6 Å². The second kappa shape index (κ2) is 6.42. The van der Waals surface area contributed by atoms with Gasteiger partial charge in [-0.15, -0.1) is 0 Å². The van der Waals surface area contributed by atoms with Crippen molar-refractivity contribution in [1.82, 2.24) is 3.97 Å². The van der Waals surface area contributed by atoms with E-state index in [-0.39, 0.29) is 17.2 Å². The second-order valence-electron chi connectivity index (χ2n) is 5.19. The van der Waals surface area contributed by atoms with Gasteiger partial charge < -0.3 is 4.74 Å². The lowest BCUT2D eigenvalue weighted by molar-refractivity contribution is 0.0518. The first kappa shape index (κ1) is 17.0. The van der Waals surface area contributed by atoms with Gasteiger partial charge in [-0.1, -0.05) is 24.3 Å². The van der Waals surface area contributed by atoms with Crippen molar-refractivity contribution < 1.29 is 17.9 Å². The Balaban J connectivity index is 2.68. The quantitative estimate of drug-likeness (QED) is 0.788. The summed E-state index contributed by atoms with van der Waals surface area (Å²) in [5, 5.41) is 0. The van der Waals surface area contributed by atoms with Gasteiger partial charge in [-0.3, -0.25) is 0 Å². The number of aryl methyl sites for hydroxylation is 1. The van der Waals surface area contributed by atoms with E-state index >= 15 is 0 Å². The molecule has 0 N–H and O–H groups in total. The number of aromatic nitrogens is 1. The van der Waals surface area contributed by atoms with Gasteiger partial charge in [-0.2, -0.15) is 0 Å². The molecule has 6 heteroatoms. The van der Waals surface area contributed by atoms with Crippen LogP contribution < -0.4 is 0 Å². The minimum absolute atomic E-state index is 0.0366. The Kier molecular flexibility index (Phi) is 4.75. The van der Waals surface area contributed by atoms with Gasteiger partial charge in [0.25, 0.3) is 10.0 Å². The highest BCUT2D eigenvalue weighted by molar-refractivity contribution is 7.90. The molecule has 122 valence electrons. The van der Waals surface area contributed by atoms with Crippen molar-refractivity contribution in [2.45, 2.75) is 25.7 Å². The van der Waals surface area contributed by atoms with Crippen molar-refractivity contribution in [3.05, 3.63) is 59.9 Å². The van der Waals surface area contributed by atoms with Gasteiger partial charge >= 0.3 is 5.97 Å². The fourth-order valence-electron chi connectivity index (χ4n) is 2.17. The molecule has 2 rings (SSSR count). The van der Waals surface area contributed by atoms with Crippen molar-refractivity contribution in [3.63, 3.8) is 0 Å². The summed E-state index contributed by atoms with van der Waals surface area (Å²) in [5.74, 6) is -0.685. The summed E-state index contributed by atoms with van der Waals surface area (Å²) in [7, 11) is -3.93. The van der Waals surface area contributed by atoms with Crippen molar-refractivity contribution in [1.29, 1.82) is 0 Å². The zero-order chi connectivity index (χ0) is 17.2. The van der Waals surface area contributed by atoms with Gasteiger partial charge in [0.15, 0.2) is 0 Å². The zero-order valence-corrected chi connectivity index (χ0v) is 14.2. The molecule has 0 fully saturated rings. The summed E-state index contributed by atoms with van der Waals surface area (Å²) >= 11 is 0. The molecule has 0 amide bonds. The van der Waals surface area contributed by atoms with Crippen LogP contribution in [0.1, 0.15) is 35.6 Å². The number of allylic oxidation sites excluding steroid dienone is 1. The predicted molar refractivity (Wildman–Crippen MR) is 88.9 cm³/mol. The van der Waals surface area contributed by atoms with E-state index in [1.807, 2.05) is 6.92 Å². The number of rotatable bonds is 5. The third kappa shape index (κ3) is 3.22. The fraction of sp³-hybridized carbons (Fsp3) is 0.235. The number of carbonyl (C=O) groups excluding carboxylic acids is 1. The normalized spacial score (nSPS) is 11.3. The van der Waals surface area contributed by atoms with E-state index in [4.69, 9.17) is 4.74 Å². The second-order valence-corrected chi connectivity index (χ2v) is 6.97. The summed E-state index contributed by atoms with van der Waals surface area (Å²) in [4.78, 5) is 12.2. The van der Waals surface area contributed by atoms with E-state index in [9.17, 15) is 13.2 Å². The Hall–Kier alpha value is -2.34. The third-order valence-electron chi connectivity index (χ3n) is 3.32. The van der Waals surface area contributed by atoms with Gasteiger partial charge in [0.1, 0.15) is 5.69 Å². The van der Waals surface area contributed by atoms with E-state index < -0.39 is 16.0 Å². The Morgan fingerprint density at radius 2 is 1.70 bits per heavy atom. The Bertz CT molecular complexity index is 845. The SMILES string of the molecule is C=C(C)c1ccc(C(=O)OCC)n1S(=O)(=O)c1ccc(C)cc1. The summed E-state index contributed by atoms with van der Waals surface area (Å²) in [6, 6.07) is 9.44. The van der Waals surface area contributed by atoms with E-state index in [1.165, 1.54) is 18.2 Å². The molecular weight excluding hydrogens is 314 g/mol. The smallest absolute Gasteiger partial charge is 0.356 e. The van der Waals surface area contributed by atoms with Crippen LogP contribution in [0.2, 0.25) is 0 Å². The molecule has 2 aromatic rings. The van der Waals surface area contributed by atoms with E-state index in [2.05, 4.69) is 6.58 Å². The summed E-state index contributed by atoms with van der Waals surface area (Å²) in [5.41, 5.74) is 1.80. The van der Waals surface area contributed by atoms with Crippen molar-refractivity contribution in [2.24, 2.45) is 0 Å². The number of hydrogen-bond acceptors (Lipinski definition) is 4. The third-order valence-corrected chi connectivity index (χ3v) is 5.06. The average molecular weight is 333 g/mol. The van der Waals surface area contributed by atoms with Crippen LogP contribution in [-0.4, -0.2) is 25.0 Å². The zero-order valence-electron chi connectivity index (χ0n) is 13.4. The maximum Gasteiger partial charge on any atom is 0.356 e. The van der Waals surface area contributed by atoms with Crippen LogP contribution >= 0.6 is 0 Å². The molecule has 0 aliphatic heterocycles. The van der Waals surface area contributed by atoms with Crippen LogP contribution in [0.5, 0.6) is 0 Å². The Morgan fingerprint density at radius 1 is 1.13 bits per heavy atom. The first-order valence-electron chi connectivity index (χ1n) is 7.16. The van der Waals surface area contributed by atoms with Crippen LogP contribution in [0.15, 0.2) is 47.9 Å². The average Bonchev–Trinajstić information content (AvgIpc) is 2.94. The monoisotopic (exact) mass is 333 g/mol. The number of esters is 1. The summed E-state index contributed by atoms with van der Waals surface area (Å²) < 4.78 is 31.9. The lowest BCUT2D eigenvalue weighted by atomic mass is 10.2. The molecule has 0 radical (unpaired) electrons. The largest absolute Gasteiger partial charge is 0.461 e. The first-order valence-corrected chi connectivity index (χ1v) is 8.60. The number of hydrogen-bond donors (Lipinski definition) is 0. The van der Waals surface area contributed by atoms with Gasteiger partial charge in [-0.25, -0.2) is 17.2 Å². The van der Waals surface area contributed by atoms with Crippen molar-refractivity contribution in [3.8, 4) is 0 Å². The molecule has 0 aliphatic carbocycles. The number of ether oxygens (including phenoxy) is 1. The van der Waals surface area contributed by atoms with Gasteiger partial charge in [0.05, 0.1) is 17.2 Å².